The van der Waals surface area contributed by atoms with Gasteiger partial charge in [-0.2, -0.15) is 4.31 Å². The predicted molar refractivity (Wildman–Crippen MR) is 152 cm³/mol. The number of amides is 1. The van der Waals surface area contributed by atoms with Crippen molar-refractivity contribution < 1.29 is 32.7 Å². The highest BCUT2D eigenvalue weighted by molar-refractivity contribution is 8.00. The highest BCUT2D eigenvalue weighted by atomic mass is 32.2. The average molecular weight is 588 g/mol. The molecule has 1 amide bonds. The Morgan fingerprint density at radius 2 is 1.65 bits per heavy atom. The van der Waals surface area contributed by atoms with Crippen LogP contribution in [0.25, 0.3) is 0 Å². The van der Waals surface area contributed by atoms with Crippen LogP contribution < -0.4 is 5.32 Å². The van der Waals surface area contributed by atoms with Crippen LogP contribution in [0.2, 0.25) is 0 Å². The van der Waals surface area contributed by atoms with Crippen molar-refractivity contribution in [2.75, 3.05) is 11.6 Å². The van der Waals surface area contributed by atoms with E-state index in [0.29, 0.717) is 17.7 Å². The van der Waals surface area contributed by atoms with Gasteiger partial charge in [0.1, 0.15) is 23.7 Å². The smallest absolute Gasteiger partial charge is 0.326 e. The van der Waals surface area contributed by atoms with Crippen molar-refractivity contribution in [1.82, 2.24) is 9.62 Å². The number of carbonyl (C=O) groups is 4. The molecule has 1 saturated heterocycles. The van der Waals surface area contributed by atoms with Crippen LogP contribution in [-0.2, 0) is 42.0 Å². The number of thioether (sulfide) groups is 1. The van der Waals surface area contributed by atoms with Crippen molar-refractivity contribution in [3.05, 3.63) is 65.7 Å². The first kappa shape index (κ1) is 31.2. The van der Waals surface area contributed by atoms with E-state index in [4.69, 9.17) is 5.41 Å². The van der Waals surface area contributed by atoms with E-state index >= 15 is 0 Å². The topological polar surface area (TPSA) is 162 Å². The summed E-state index contributed by atoms with van der Waals surface area (Å²) >= 11 is 1.28. The van der Waals surface area contributed by atoms with E-state index < -0.39 is 34.0 Å². The van der Waals surface area contributed by atoms with Gasteiger partial charge in [0.05, 0.1) is 10.8 Å². The van der Waals surface area contributed by atoms with Crippen LogP contribution in [0.5, 0.6) is 0 Å². The molecule has 0 spiro atoms. The fraction of sp³-hybridized carbons (Fsp3) is 0.393. The van der Waals surface area contributed by atoms with Crippen LogP contribution in [-0.4, -0.2) is 70.7 Å². The maximum absolute atomic E-state index is 13.1. The second-order valence-corrected chi connectivity index (χ2v) is 12.6. The van der Waals surface area contributed by atoms with Crippen molar-refractivity contribution in [2.45, 2.75) is 62.4 Å². The minimum atomic E-state index is -3.93. The lowest BCUT2D eigenvalue weighted by atomic mass is 10.00. The summed E-state index contributed by atoms with van der Waals surface area (Å²) in [7, 11) is -3.93. The minimum absolute atomic E-state index is 0.0187. The number of carboxylic acid groups (broad SMARTS) is 1. The van der Waals surface area contributed by atoms with Crippen molar-refractivity contribution in [3.63, 3.8) is 0 Å². The molecule has 214 valence electrons. The van der Waals surface area contributed by atoms with Crippen LogP contribution >= 0.6 is 11.8 Å². The number of ketones is 2. The third-order valence-corrected chi connectivity index (χ3v) is 9.39. The number of nitrogens with one attached hydrogen (secondary N) is 2. The SMILES string of the molecule is CC(=N)CC(=O)CCCC(=O)Cc1ccc(C[C@H](NC(=O)[C@@H]2CSCN2S(=O)(=O)c2ccccc2)C(=O)O)cc1. The zero-order chi connectivity index (χ0) is 29.3. The molecule has 3 rings (SSSR count). The van der Waals surface area contributed by atoms with E-state index in [1.165, 1.54) is 23.9 Å². The standard InChI is InChI=1S/C28H33N3O7S2/c1-19(29)14-22(32)6-5-7-23(33)15-20-10-12-21(13-11-20)16-25(28(35)36)30-27(34)26-17-39-18-31(26)40(37,38)24-8-3-2-4-9-24/h2-4,8-13,25-26,29H,5-7,14-18H2,1H3,(H,30,34)(H,35,36)/t25-,26-/m0/s1. The third-order valence-electron chi connectivity index (χ3n) is 6.35. The number of benzene rings is 2. The van der Waals surface area contributed by atoms with Gasteiger partial charge in [-0.15, -0.1) is 11.8 Å². The van der Waals surface area contributed by atoms with Crippen LogP contribution in [0.1, 0.15) is 43.7 Å². The van der Waals surface area contributed by atoms with E-state index in [9.17, 15) is 32.7 Å². The number of aliphatic carboxylic acids is 1. The summed E-state index contributed by atoms with van der Waals surface area (Å²) in [5.41, 5.74) is 1.68. The molecule has 0 unspecified atom stereocenters. The molecular weight excluding hydrogens is 554 g/mol. The van der Waals surface area contributed by atoms with E-state index in [1.807, 2.05) is 0 Å². The lowest BCUT2D eigenvalue weighted by Crippen LogP contribution is -2.52. The van der Waals surface area contributed by atoms with E-state index in [0.717, 1.165) is 9.87 Å². The second kappa shape index (κ2) is 14.3. The van der Waals surface area contributed by atoms with Crippen molar-refractivity contribution in [3.8, 4) is 0 Å². The Hall–Kier alpha value is -3.35. The third kappa shape index (κ3) is 8.83. The van der Waals surface area contributed by atoms with Crippen molar-refractivity contribution >= 4 is 50.9 Å². The second-order valence-electron chi connectivity index (χ2n) is 9.71. The van der Waals surface area contributed by atoms with Gasteiger partial charge in [-0.05, 0) is 36.6 Å². The predicted octanol–water partition coefficient (Wildman–Crippen LogP) is 2.84. The van der Waals surface area contributed by atoms with Crippen LogP contribution in [0, 0.1) is 5.41 Å². The first-order valence-electron chi connectivity index (χ1n) is 12.8. The monoisotopic (exact) mass is 587 g/mol. The molecule has 1 heterocycles. The van der Waals surface area contributed by atoms with Gasteiger partial charge in [0.2, 0.25) is 15.9 Å². The number of rotatable bonds is 15. The normalized spacial score (nSPS) is 16.3. The van der Waals surface area contributed by atoms with Gasteiger partial charge in [0.15, 0.2) is 0 Å². The lowest BCUT2D eigenvalue weighted by Gasteiger charge is -2.24. The molecule has 0 bridgehead atoms. The molecule has 3 N–H and O–H groups in total. The Morgan fingerprint density at radius 3 is 2.27 bits per heavy atom. The summed E-state index contributed by atoms with van der Waals surface area (Å²) in [4.78, 5) is 49.0. The molecule has 1 aliphatic rings. The largest absolute Gasteiger partial charge is 0.480 e. The van der Waals surface area contributed by atoms with E-state index in [-0.39, 0.29) is 60.2 Å². The van der Waals surface area contributed by atoms with Gasteiger partial charge in [0, 0.05) is 43.6 Å². The molecular formula is C28H33N3O7S2. The number of Topliss-reactive ketones (excluding diaryl/α,β-unsaturated/α-hetero) is 2. The summed E-state index contributed by atoms with van der Waals surface area (Å²) in [5.74, 6) is -1.69. The number of hydrogen-bond donors (Lipinski definition) is 3. The van der Waals surface area contributed by atoms with Gasteiger partial charge < -0.3 is 15.8 Å². The molecule has 1 aliphatic heterocycles. The maximum Gasteiger partial charge on any atom is 0.326 e. The highest BCUT2D eigenvalue weighted by Crippen LogP contribution is 2.28. The Balaban J connectivity index is 1.56. The van der Waals surface area contributed by atoms with Crippen LogP contribution in [0.4, 0.5) is 0 Å². The van der Waals surface area contributed by atoms with Gasteiger partial charge >= 0.3 is 5.97 Å². The zero-order valence-corrected chi connectivity index (χ0v) is 23.8. The van der Waals surface area contributed by atoms with E-state index in [2.05, 4.69) is 5.32 Å². The molecule has 12 heteroatoms. The zero-order valence-electron chi connectivity index (χ0n) is 22.2. The first-order valence-corrected chi connectivity index (χ1v) is 15.4. The molecule has 2 aromatic rings. The van der Waals surface area contributed by atoms with Gasteiger partial charge in [-0.3, -0.25) is 14.4 Å². The Kier molecular flexibility index (Phi) is 11.2. The van der Waals surface area contributed by atoms with Gasteiger partial charge in [-0.1, -0.05) is 42.5 Å². The minimum Gasteiger partial charge on any atom is -0.480 e. The molecule has 0 aliphatic carbocycles. The summed E-state index contributed by atoms with van der Waals surface area (Å²) < 4.78 is 27.2. The summed E-state index contributed by atoms with van der Waals surface area (Å²) in [5, 5.41) is 19.6. The molecule has 2 atom stereocenters. The Bertz CT molecular complexity index is 1350. The maximum atomic E-state index is 13.1. The highest BCUT2D eigenvalue weighted by Gasteiger charge is 2.41. The summed E-state index contributed by atoms with van der Waals surface area (Å²) in [6.45, 7) is 1.57. The average Bonchev–Trinajstić information content (AvgIpc) is 3.41. The number of carbonyl (C=O) groups excluding carboxylic acids is 3. The fourth-order valence-corrected chi connectivity index (χ4v) is 7.45. The molecule has 0 radical (unpaired) electrons. The number of nitrogens with zero attached hydrogens (tertiary/aromatic N) is 1. The molecule has 2 aromatic carbocycles. The molecule has 0 aromatic heterocycles. The first-order chi connectivity index (χ1) is 19.0. The van der Waals surface area contributed by atoms with Crippen molar-refractivity contribution in [1.29, 1.82) is 5.41 Å². The molecule has 0 saturated carbocycles. The quantitative estimate of drug-likeness (QED) is 0.268. The number of sulfonamides is 1. The Morgan fingerprint density at radius 1 is 1.02 bits per heavy atom. The van der Waals surface area contributed by atoms with Gasteiger partial charge in [0.25, 0.3) is 0 Å². The Labute approximate surface area is 238 Å². The van der Waals surface area contributed by atoms with Crippen molar-refractivity contribution in [2.24, 2.45) is 0 Å². The number of hydrogen-bond acceptors (Lipinski definition) is 8. The fourth-order valence-electron chi connectivity index (χ4n) is 4.28. The summed E-state index contributed by atoms with van der Waals surface area (Å²) in [6.07, 6.45) is 1.23. The number of carboxylic acids is 1. The molecule has 1 fully saturated rings. The molecule has 10 nitrogen and oxygen atoms in total. The van der Waals surface area contributed by atoms with Gasteiger partial charge in [-0.25, -0.2) is 13.2 Å². The van der Waals surface area contributed by atoms with Crippen LogP contribution in [0.15, 0.2) is 59.5 Å². The molecule has 40 heavy (non-hydrogen) atoms. The van der Waals surface area contributed by atoms with E-state index in [1.54, 1.807) is 49.4 Å². The summed E-state index contributed by atoms with van der Waals surface area (Å²) in [6, 6.07) is 12.3. The lowest BCUT2D eigenvalue weighted by molar-refractivity contribution is -0.142. The van der Waals surface area contributed by atoms with Crippen LogP contribution in [0.3, 0.4) is 0 Å².